The van der Waals surface area contributed by atoms with Crippen molar-refractivity contribution in [3.63, 3.8) is 0 Å². The first-order chi connectivity index (χ1) is 12.7. The molecule has 0 aliphatic rings. The van der Waals surface area contributed by atoms with Crippen molar-refractivity contribution in [1.82, 2.24) is 0 Å². The molecule has 27 heavy (non-hydrogen) atoms. The van der Waals surface area contributed by atoms with Crippen molar-refractivity contribution >= 4 is 21.4 Å². The SMILES string of the molecule is CCCc1cc2ccc(COc3cc(F)c(C(F)(F)F)c(F)c3)c(F)c2s1. The smallest absolute Gasteiger partial charge is 0.422 e. The lowest BCUT2D eigenvalue weighted by atomic mass is 10.1. The third kappa shape index (κ3) is 4.05. The van der Waals surface area contributed by atoms with Crippen LogP contribution in [0.3, 0.4) is 0 Å². The fourth-order valence-electron chi connectivity index (χ4n) is 2.71. The number of fused-ring (bicyclic) bond motifs is 1. The number of thiophene rings is 1. The predicted octanol–water partition coefficient (Wildman–Crippen LogP) is 6.87. The molecule has 0 saturated carbocycles. The van der Waals surface area contributed by atoms with Gasteiger partial charge in [0, 0.05) is 22.6 Å². The maximum absolute atomic E-state index is 14.6. The molecule has 1 nitrogen and oxygen atoms in total. The number of rotatable bonds is 5. The van der Waals surface area contributed by atoms with Crippen LogP contribution in [0.25, 0.3) is 10.1 Å². The number of hydrogen-bond acceptors (Lipinski definition) is 2. The molecular formula is C19H14F6OS. The van der Waals surface area contributed by atoms with E-state index in [0.29, 0.717) is 16.8 Å². The first-order valence-corrected chi connectivity index (χ1v) is 8.91. The van der Waals surface area contributed by atoms with Crippen LogP contribution in [0.1, 0.15) is 29.3 Å². The molecule has 1 aromatic heterocycles. The van der Waals surface area contributed by atoms with Crippen LogP contribution in [0.5, 0.6) is 5.75 Å². The molecule has 0 radical (unpaired) electrons. The van der Waals surface area contributed by atoms with E-state index < -0.39 is 34.9 Å². The van der Waals surface area contributed by atoms with Crippen LogP contribution < -0.4 is 4.74 Å². The zero-order valence-electron chi connectivity index (χ0n) is 14.1. The van der Waals surface area contributed by atoms with E-state index in [2.05, 4.69) is 0 Å². The van der Waals surface area contributed by atoms with Gasteiger partial charge in [0.15, 0.2) is 0 Å². The third-order valence-corrected chi connectivity index (χ3v) is 5.15. The van der Waals surface area contributed by atoms with Crippen molar-refractivity contribution in [3.8, 4) is 5.75 Å². The van der Waals surface area contributed by atoms with Crippen molar-refractivity contribution in [2.45, 2.75) is 32.5 Å². The topological polar surface area (TPSA) is 9.23 Å². The summed E-state index contributed by atoms with van der Waals surface area (Å²) in [5, 5.41) is 0.747. The van der Waals surface area contributed by atoms with Crippen LogP contribution in [-0.4, -0.2) is 0 Å². The summed E-state index contributed by atoms with van der Waals surface area (Å²) >= 11 is 1.32. The Labute approximate surface area is 155 Å². The zero-order valence-corrected chi connectivity index (χ0v) is 14.9. The van der Waals surface area contributed by atoms with Gasteiger partial charge in [0.05, 0.1) is 4.70 Å². The minimum absolute atomic E-state index is 0.146. The second kappa shape index (κ2) is 7.42. The van der Waals surface area contributed by atoms with Gasteiger partial charge in [0.25, 0.3) is 0 Å². The average molecular weight is 404 g/mol. The van der Waals surface area contributed by atoms with E-state index in [1.807, 2.05) is 13.0 Å². The lowest BCUT2D eigenvalue weighted by molar-refractivity contribution is -0.142. The Kier molecular flexibility index (Phi) is 5.37. The minimum atomic E-state index is -5.15. The Hall–Kier alpha value is -2.22. The maximum atomic E-state index is 14.6. The molecule has 0 amide bonds. The highest BCUT2D eigenvalue weighted by Crippen LogP contribution is 2.36. The molecule has 0 aliphatic carbocycles. The minimum Gasteiger partial charge on any atom is -0.489 e. The number of aryl methyl sites for hydroxylation is 1. The molecule has 3 rings (SSSR count). The highest BCUT2D eigenvalue weighted by molar-refractivity contribution is 7.19. The summed E-state index contributed by atoms with van der Waals surface area (Å²) in [7, 11) is 0. The Morgan fingerprint density at radius 3 is 2.26 bits per heavy atom. The molecule has 8 heteroatoms. The fourth-order valence-corrected chi connectivity index (χ4v) is 3.93. The molecule has 1 heterocycles. The van der Waals surface area contributed by atoms with Gasteiger partial charge in [0.2, 0.25) is 0 Å². The predicted molar refractivity (Wildman–Crippen MR) is 91.5 cm³/mol. The van der Waals surface area contributed by atoms with Gasteiger partial charge < -0.3 is 4.74 Å². The van der Waals surface area contributed by atoms with Crippen molar-refractivity contribution in [3.05, 3.63) is 63.8 Å². The monoisotopic (exact) mass is 404 g/mol. The van der Waals surface area contributed by atoms with E-state index in [9.17, 15) is 26.3 Å². The highest BCUT2D eigenvalue weighted by Gasteiger charge is 2.38. The van der Waals surface area contributed by atoms with Crippen molar-refractivity contribution in [2.24, 2.45) is 0 Å². The highest BCUT2D eigenvalue weighted by atomic mass is 32.1. The Morgan fingerprint density at radius 2 is 1.67 bits per heavy atom. The Bertz CT molecular complexity index is 953. The van der Waals surface area contributed by atoms with Gasteiger partial charge in [-0.3, -0.25) is 0 Å². The normalized spacial score (nSPS) is 12.0. The molecule has 0 atom stereocenters. The number of alkyl halides is 3. The number of benzene rings is 2. The van der Waals surface area contributed by atoms with Crippen LogP contribution in [0.2, 0.25) is 0 Å². The van der Waals surface area contributed by atoms with E-state index in [4.69, 9.17) is 4.74 Å². The molecule has 0 bridgehead atoms. The summed E-state index contributed by atoms with van der Waals surface area (Å²) in [5.41, 5.74) is -1.84. The van der Waals surface area contributed by atoms with Gasteiger partial charge in [-0.25, -0.2) is 13.2 Å². The number of ether oxygens (including phenoxy) is 1. The second-order valence-corrected chi connectivity index (χ2v) is 7.10. The molecule has 0 spiro atoms. The summed E-state index contributed by atoms with van der Waals surface area (Å²) in [6.07, 6.45) is -3.40. The van der Waals surface area contributed by atoms with Crippen LogP contribution in [0.15, 0.2) is 30.3 Å². The first-order valence-electron chi connectivity index (χ1n) is 8.09. The average Bonchev–Trinajstić information content (AvgIpc) is 2.96. The van der Waals surface area contributed by atoms with Gasteiger partial charge in [-0.2, -0.15) is 13.2 Å². The molecule has 3 aromatic rings. The number of halogens is 6. The first kappa shape index (κ1) is 19.5. The molecule has 0 fully saturated rings. The third-order valence-electron chi connectivity index (χ3n) is 3.95. The molecule has 0 N–H and O–H groups in total. The zero-order chi connectivity index (χ0) is 19.8. The summed E-state index contributed by atoms with van der Waals surface area (Å²) < 4.78 is 85.1. The Morgan fingerprint density at radius 1 is 1.00 bits per heavy atom. The lowest BCUT2D eigenvalue weighted by Crippen LogP contribution is -2.11. The van der Waals surface area contributed by atoms with Gasteiger partial charge >= 0.3 is 6.18 Å². The largest absolute Gasteiger partial charge is 0.489 e. The van der Waals surface area contributed by atoms with Gasteiger partial charge in [-0.15, -0.1) is 11.3 Å². The van der Waals surface area contributed by atoms with Gasteiger partial charge in [0.1, 0.15) is 35.4 Å². The van der Waals surface area contributed by atoms with E-state index in [-0.39, 0.29) is 12.2 Å². The molecule has 144 valence electrons. The van der Waals surface area contributed by atoms with Crippen LogP contribution >= 0.6 is 11.3 Å². The quantitative estimate of drug-likeness (QED) is 0.422. The van der Waals surface area contributed by atoms with Crippen molar-refractivity contribution in [2.75, 3.05) is 0 Å². The molecule has 2 aromatic carbocycles. The van der Waals surface area contributed by atoms with Crippen molar-refractivity contribution < 1.29 is 31.1 Å². The standard InChI is InChI=1S/C19H14F6OS/c1-2-3-13-6-10-4-5-11(17(22)18(10)27-13)9-26-12-7-14(20)16(15(21)8-12)19(23,24)25/h4-8H,2-3,9H2,1H3. The molecule has 0 unspecified atom stereocenters. The van der Waals surface area contributed by atoms with Crippen LogP contribution in [-0.2, 0) is 19.2 Å². The summed E-state index contributed by atoms with van der Waals surface area (Å²) in [6.45, 7) is 1.65. The lowest BCUT2D eigenvalue weighted by Gasteiger charge is -2.12. The van der Waals surface area contributed by atoms with Crippen LogP contribution in [0.4, 0.5) is 26.3 Å². The van der Waals surface area contributed by atoms with Crippen molar-refractivity contribution in [1.29, 1.82) is 0 Å². The molecule has 0 saturated heterocycles. The molecule has 0 aliphatic heterocycles. The number of hydrogen-bond donors (Lipinski definition) is 0. The van der Waals surface area contributed by atoms with E-state index in [1.54, 1.807) is 6.07 Å². The summed E-state index contributed by atoms with van der Waals surface area (Å²) in [4.78, 5) is 1.04. The van der Waals surface area contributed by atoms with E-state index >= 15 is 0 Å². The van der Waals surface area contributed by atoms with E-state index in [1.165, 1.54) is 17.4 Å². The second-order valence-electron chi connectivity index (χ2n) is 5.97. The fraction of sp³-hybridized carbons (Fsp3) is 0.263. The molecular weight excluding hydrogens is 390 g/mol. The Balaban J connectivity index is 1.83. The van der Waals surface area contributed by atoms with Gasteiger partial charge in [-0.05, 0) is 17.9 Å². The van der Waals surface area contributed by atoms with Crippen LogP contribution in [0, 0.1) is 17.5 Å². The maximum Gasteiger partial charge on any atom is 0.422 e. The summed E-state index contributed by atoms with van der Waals surface area (Å²) in [6, 6.07) is 5.97. The summed E-state index contributed by atoms with van der Waals surface area (Å²) in [5.74, 6) is -4.52. The van der Waals surface area contributed by atoms with E-state index in [0.717, 1.165) is 23.1 Å². The van der Waals surface area contributed by atoms with Gasteiger partial charge in [-0.1, -0.05) is 25.5 Å².